The standard InChI is InChI=1S/C22H22BNO6S/c25-11-12-8-16-19(22(28)24(21(16)27)10-13-4-3-7-31-13)15-9-18(30-23(29)20(12)15)14-5-1-2-6-17(14)26/h1-7,15-16,18-19,25-26,29H,8-11H2/t15-,16-,18-,19+/m0/s1. The summed E-state index contributed by atoms with van der Waals surface area (Å²) in [5.41, 5.74) is 1.60. The first-order valence-corrected chi connectivity index (χ1v) is 11.2. The van der Waals surface area contributed by atoms with Crippen molar-refractivity contribution in [2.75, 3.05) is 6.61 Å². The minimum atomic E-state index is -1.30. The molecule has 2 saturated heterocycles. The first-order chi connectivity index (χ1) is 15.0. The fourth-order valence-electron chi connectivity index (χ4n) is 5.30. The lowest BCUT2D eigenvalue weighted by Crippen LogP contribution is -2.45. The van der Waals surface area contributed by atoms with Gasteiger partial charge in [0, 0.05) is 10.4 Å². The van der Waals surface area contributed by atoms with E-state index in [4.69, 9.17) is 4.65 Å². The summed E-state index contributed by atoms with van der Waals surface area (Å²) < 4.78 is 5.80. The Hall–Kier alpha value is -2.46. The molecule has 7 nitrogen and oxygen atoms in total. The van der Waals surface area contributed by atoms with Gasteiger partial charge in [0.25, 0.3) is 0 Å². The number of nitrogens with zero attached hydrogens (tertiary/aromatic N) is 1. The molecular weight excluding hydrogens is 417 g/mol. The molecule has 0 unspecified atom stereocenters. The summed E-state index contributed by atoms with van der Waals surface area (Å²) in [6.07, 6.45) is -0.0568. The number of fused-ring (bicyclic) bond motifs is 3. The van der Waals surface area contributed by atoms with Crippen LogP contribution in [0.5, 0.6) is 5.75 Å². The van der Waals surface area contributed by atoms with E-state index in [1.807, 2.05) is 17.5 Å². The molecule has 5 rings (SSSR count). The van der Waals surface area contributed by atoms with Crippen LogP contribution in [0.4, 0.5) is 0 Å². The van der Waals surface area contributed by atoms with Gasteiger partial charge in [-0.25, -0.2) is 0 Å². The zero-order valence-corrected chi connectivity index (χ0v) is 17.5. The van der Waals surface area contributed by atoms with E-state index in [1.54, 1.807) is 24.3 Å². The number of hydrogen-bond donors (Lipinski definition) is 3. The van der Waals surface area contributed by atoms with E-state index in [9.17, 15) is 24.8 Å². The second-order valence-corrected chi connectivity index (χ2v) is 9.31. The molecule has 0 saturated carbocycles. The molecule has 9 heteroatoms. The Morgan fingerprint density at radius 2 is 1.94 bits per heavy atom. The number of thiophene rings is 1. The van der Waals surface area contributed by atoms with E-state index in [0.717, 1.165) is 4.88 Å². The van der Waals surface area contributed by atoms with Crippen LogP contribution in [0, 0.1) is 17.8 Å². The van der Waals surface area contributed by atoms with Gasteiger partial charge in [0.2, 0.25) is 11.8 Å². The average Bonchev–Trinajstić information content (AvgIpc) is 3.36. The van der Waals surface area contributed by atoms with Gasteiger partial charge in [0.15, 0.2) is 0 Å². The van der Waals surface area contributed by atoms with Gasteiger partial charge in [-0.15, -0.1) is 11.3 Å². The topological polar surface area (TPSA) is 107 Å². The van der Waals surface area contributed by atoms with Crippen LogP contribution in [0.25, 0.3) is 0 Å². The lowest BCUT2D eigenvalue weighted by atomic mass is 9.55. The maximum Gasteiger partial charge on any atom is 0.487 e. The molecule has 0 spiro atoms. The molecule has 31 heavy (non-hydrogen) atoms. The SMILES string of the molecule is O=C1[C@H]2[C@H](CC(CO)=C3B(O)O[C@H](c4ccccc4O)C[C@H]32)C(=O)N1Cc1cccs1. The van der Waals surface area contributed by atoms with Crippen molar-refractivity contribution in [1.82, 2.24) is 4.90 Å². The van der Waals surface area contributed by atoms with Crippen LogP contribution >= 0.6 is 11.3 Å². The summed E-state index contributed by atoms with van der Waals surface area (Å²) in [6.45, 7) is -0.0656. The second kappa shape index (κ2) is 7.91. The normalized spacial score (nSPS) is 28.2. The number of carbonyl (C=O) groups is 2. The second-order valence-electron chi connectivity index (χ2n) is 8.27. The Labute approximate surface area is 183 Å². The molecule has 1 aromatic heterocycles. The number of benzene rings is 1. The van der Waals surface area contributed by atoms with Crippen molar-refractivity contribution in [1.29, 1.82) is 0 Å². The molecule has 3 heterocycles. The molecule has 0 bridgehead atoms. The van der Waals surface area contributed by atoms with Crippen molar-refractivity contribution < 1.29 is 29.5 Å². The van der Waals surface area contributed by atoms with Crippen LogP contribution in [-0.2, 0) is 20.8 Å². The van der Waals surface area contributed by atoms with Crippen LogP contribution in [0.15, 0.2) is 52.8 Å². The van der Waals surface area contributed by atoms with Crippen LogP contribution in [0.2, 0.25) is 0 Å². The number of imide groups is 1. The van der Waals surface area contributed by atoms with Gasteiger partial charge in [-0.05, 0) is 47.3 Å². The largest absolute Gasteiger partial charge is 0.508 e. The van der Waals surface area contributed by atoms with Gasteiger partial charge in [0.1, 0.15) is 5.75 Å². The Balaban J connectivity index is 1.51. The van der Waals surface area contributed by atoms with Crippen molar-refractivity contribution in [3.63, 3.8) is 0 Å². The van der Waals surface area contributed by atoms with Crippen LogP contribution in [0.1, 0.15) is 29.4 Å². The fourth-order valence-corrected chi connectivity index (χ4v) is 5.99. The van der Waals surface area contributed by atoms with Gasteiger partial charge < -0.3 is 19.9 Å². The van der Waals surface area contributed by atoms with Crippen LogP contribution in [-0.4, -0.2) is 45.7 Å². The highest BCUT2D eigenvalue weighted by Gasteiger charge is 2.57. The monoisotopic (exact) mass is 439 g/mol. The van der Waals surface area contributed by atoms with Gasteiger partial charge in [-0.1, -0.05) is 24.3 Å². The van der Waals surface area contributed by atoms with Crippen molar-refractivity contribution in [3.05, 3.63) is 63.3 Å². The zero-order chi connectivity index (χ0) is 21.7. The Morgan fingerprint density at radius 1 is 1.13 bits per heavy atom. The van der Waals surface area contributed by atoms with E-state index in [0.29, 0.717) is 23.0 Å². The molecule has 2 aliphatic heterocycles. The zero-order valence-electron chi connectivity index (χ0n) is 16.7. The summed E-state index contributed by atoms with van der Waals surface area (Å²) in [5, 5.41) is 32.9. The van der Waals surface area contributed by atoms with Crippen molar-refractivity contribution >= 4 is 30.3 Å². The molecular formula is C22H22BNO6S. The lowest BCUT2D eigenvalue weighted by molar-refractivity contribution is -0.140. The van der Waals surface area contributed by atoms with Gasteiger partial charge in [-0.2, -0.15) is 0 Å². The molecule has 3 aliphatic rings. The van der Waals surface area contributed by atoms with Gasteiger partial charge in [-0.3, -0.25) is 14.5 Å². The first-order valence-electron chi connectivity index (χ1n) is 10.3. The van der Waals surface area contributed by atoms with Crippen LogP contribution in [0.3, 0.4) is 0 Å². The molecule has 2 amide bonds. The van der Waals surface area contributed by atoms with Crippen molar-refractivity contribution in [2.45, 2.75) is 25.5 Å². The molecule has 2 fully saturated rings. The quantitative estimate of drug-likeness (QED) is 0.497. The number of rotatable bonds is 4. The minimum absolute atomic E-state index is 0.0509. The fraction of sp³-hybridized carbons (Fsp3) is 0.364. The highest BCUT2D eigenvalue weighted by Crippen LogP contribution is 2.52. The molecule has 1 aliphatic carbocycles. The van der Waals surface area contributed by atoms with Gasteiger partial charge >= 0.3 is 7.12 Å². The number of allylic oxidation sites excluding steroid dienone is 1. The maximum atomic E-state index is 13.4. The Bertz CT molecular complexity index is 1050. The Kier molecular flexibility index (Phi) is 5.22. The van der Waals surface area contributed by atoms with Crippen molar-refractivity contribution in [3.8, 4) is 5.75 Å². The molecule has 2 aromatic rings. The average molecular weight is 439 g/mol. The van der Waals surface area contributed by atoms with Crippen LogP contribution < -0.4 is 0 Å². The molecule has 0 radical (unpaired) electrons. The predicted molar refractivity (Wildman–Crippen MR) is 114 cm³/mol. The molecule has 4 atom stereocenters. The third-order valence-corrected chi connectivity index (χ3v) is 7.53. The number of carbonyl (C=O) groups excluding carboxylic acids is 2. The number of phenolic OH excluding ortho intramolecular Hbond substituents is 1. The van der Waals surface area contributed by atoms with E-state index in [2.05, 4.69) is 0 Å². The number of likely N-dealkylation sites (tertiary alicyclic amines) is 1. The van der Waals surface area contributed by atoms with Gasteiger partial charge in [0.05, 0.1) is 31.1 Å². The number of amides is 2. The highest BCUT2D eigenvalue weighted by atomic mass is 32.1. The summed E-state index contributed by atoms with van der Waals surface area (Å²) in [5.74, 6) is -2.03. The molecule has 1 aromatic carbocycles. The minimum Gasteiger partial charge on any atom is -0.508 e. The molecule has 160 valence electrons. The number of phenols is 1. The smallest absolute Gasteiger partial charge is 0.487 e. The summed E-state index contributed by atoms with van der Waals surface area (Å²) in [6, 6.07) is 10.5. The maximum absolute atomic E-state index is 13.4. The third-order valence-electron chi connectivity index (χ3n) is 6.67. The first kappa shape index (κ1) is 20.4. The predicted octanol–water partition coefficient (Wildman–Crippen LogP) is 2.04. The van der Waals surface area contributed by atoms with E-state index >= 15 is 0 Å². The highest BCUT2D eigenvalue weighted by molar-refractivity contribution is 7.09. The number of para-hydroxylation sites is 1. The van der Waals surface area contributed by atoms with Crippen molar-refractivity contribution in [2.24, 2.45) is 17.8 Å². The number of aliphatic hydroxyl groups excluding tert-OH is 1. The number of aromatic hydroxyl groups is 1. The number of aliphatic hydroxyl groups is 1. The third kappa shape index (κ3) is 3.32. The van der Waals surface area contributed by atoms with E-state index in [1.165, 1.54) is 16.2 Å². The Morgan fingerprint density at radius 3 is 2.65 bits per heavy atom. The molecule has 3 N–H and O–H groups in total. The number of hydrogen-bond acceptors (Lipinski definition) is 7. The lowest BCUT2D eigenvalue weighted by Gasteiger charge is -2.42. The summed E-state index contributed by atoms with van der Waals surface area (Å²) in [4.78, 5) is 28.8. The summed E-state index contributed by atoms with van der Waals surface area (Å²) >= 11 is 1.49. The van der Waals surface area contributed by atoms with E-state index in [-0.39, 0.29) is 37.1 Å². The van der Waals surface area contributed by atoms with E-state index < -0.39 is 31.0 Å². The summed E-state index contributed by atoms with van der Waals surface area (Å²) in [7, 11) is -1.30.